The fourth-order valence-corrected chi connectivity index (χ4v) is 5.07. The predicted molar refractivity (Wildman–Crippen MR) is 142 cm³/mol. The Morgan fingerprint density at radius 1 is 0.917 bits per heavy atom. The Bertz CT molecular complexity index is 1580. The van der Waals surface area contributed by atoms with Gasteiger partial charge in [-0.2, -0.15) is 0 Å². The van der Waals surface area contributed by atoms with Gasteiger partial charge in [0.2, 0.25) is 10.0 Å². The summed E-state index contributed by atoms with van der Waals surface area (Å²) in [5, 5.41) is 1.08. The van der Waals surface area contributed by atoms with Gasteiger partial charge in [-0.3, -0.25) is 4.79 Å². The van der Waals surface area contributed by atoms with Gasteiger partial charge in [0, 0.05) is 60.4 Å². The number of hydrogen-bond donors (Lipinski definition) is 0. The lowest BCUT2D eigenvalue weighted by molar-refractivity contribution is 0.105. The number of benzene rings is 3. The molecule has 0 fully saturated rings. The highest BCUT2D eigenvalue weighted by Gasteiger charge is 2.23. The quantitative estimate of drug-likeness (QED) is 0.249. The molecule has 0 saturated heterocycles. The van der Waals surface area contributed by atoms with Crippen molar-refractivity contribution in [3.63, 3.8) is 0 Å². The summed E-state index contributed by atoms with van der Waals surface area (Å²) in [5.74, 6) is 0.704. The molecule has 7 nitrogen and oxygen atoms in total. The molecule has 0 atom stereocenters. The van der Waals surface area contributed by atoms with Crippen molar-refractivity contribution in [1.82, 2.24) is 8.87 Å². The summed E-state index contributed by atoms with van der Waals surface area (Å²) >= 11 is 0. The second-order valence-corrected chi connectivity index (χ2v) is 10.7. The predicted octanol–water partition coefficient (Wildman–Crippen LogP) is 5.01. The van der Waals surface area contributed by atoms with Crippen LogP contribution in [0, 0.1) is 0 Å². The number of sulfonamides is 1. The van der Waals surface area contributed by atoms with Gasteiger partial charge in [0.15, 0.2) is 5.78 Å². The van der Waals surface area contributed by atoms with E-state index in [1.165, 1.54) is 45.5 Å². The van der Waals surface area contributed by atoms with Crippen molar-refractivity contribution in [1.29, 1.82) is 0 Å². The third-order valence-corrected chi connectivity index (χ3v) is 8.07. The first-order valence-corrected chi connectivity index (χ1v) is 12.6. The summed E-state index contributed by atoms with van der Waals surface area (Å²) in [6.07, 6.45) is 0. The van der Waals surface area contributed by atoms with Crippen LogP contribution < -0.4 is 9.47 Å². The number of ether oxygens (including phenoxy) is 2. The molecule has 0 bridgehead atoms. The van der Waals surface area contributed by atoms with E-state index in [-0.39, 0.29) is 16.3 Å². The molecule has 4 aromatic rings. The van der Waals surface area contributed by atoms with Crippen molar-refractivity contribution in [3.05, 3.63) is 84.4 Å². The van der Waals surface area contributed by atoms with Crippen LogP contribution in [0.5, 0.6) is 11.5 Å². The van der Waals surface area contributed by atoms with E-state index in [1.54, 1.807) is 13.2 Å². The van der Waals surface area contributed by atoms with Gasteiger partial charge in [0.1, 0.15) is 11.5 Å². The van der Waals surface area contributed by atoms with Crippen molar-refractivity contribution in [2.75, 3.05) is 28.3 Å². The zero-order valence-electron chi connectivity index (χ0n) is 20.9. The van der Waals surface area contributed by atoms with Crippen LogP contribution in [0.4, 0.5) is 0 Å². The highest BCUT2D eigenvalue weighted by molar-refractivity contribution is 7.89. The van der Waals surface area contributed by atoms with Crippen LogP contribution >= 0.6 is 0 Å². The van der Waals surface area contributed by atoms with Crippen molar-refractivity contribution in [2.24, 2.45) is 7.05 Å². The number of hydrogen-bond acceptors (Lipinski definition) is 5. The van der Waals surface area contributed by atoms with Gasteiger partial charge in [-0.15, -0.1) is 0 Å². The molecule has 0 aliphatic heterocycles. The lowest BCUT2D eigenvalue weighted by atomic mass is 9.94. The molecule has 36 heavy (non-hydrogen) atoms. The number of allylic oxidation sites excluding steroid dienone is 1. The molecular weight excluding hydrogens is 476 g/mol. The topological polar surface area (TPSA) is 77.8 Å². The van der Waals surface area contributed by atoms with E-state index in [9.17, 15) is 13.2 Å². The number of fused-ring (bicyclic) bond motifs is 1. The number of ketones is 1. The zero-order valence-corrected chi connectivity index (χ0v) is 21.7. The maximum absolute atomic E-state index is 13.4. The van der Waals surface area contributed by atoms with E-state index in [1.807, 2.05) is 37.4 Å². The fourth-order valence-electron chi connectivity index (χ4n) is 4.17. The average molecular weight is 505 g/mol. The molecule has 3 aromatic carbocycles. The smallest absolute Gasteiger partial charge is 0.242 e. The molecule has 186 valence electrons. The van der Waals surface area contributed by atoms with Gasteiger partial charge < -0.3 is 14.0 Å². The maximum atomic E-state index is 13.4. The van der Waals surface area contributed by atoms with Crippen LogP contribution in [0.2, 0.25) is 0 Å². The Kier molecular flexibility index (Phi) is 6.75. The number of nitrogens with zero attached hydrogens (tertiary/aromatic N) is 2. The summed E-state index contributed by atoms with van der Waals surface area (Å²) in [4.78, 5) is 13.5. The number of rotatable bonds is 8. The first-order chi connectivity index (χ1) is 17.1. The van der Waals surface area contributed by atoms with Gasteiger partial charge in [0.05, 0.1) is 24.8 Å². The van der Waals surface area contributed by atoms with E-state index in [4.69, 9.17) is 9.47 Å². The summed E-state index contributed by atoms with van der Waals surface area (Å²) in [7, 11) is 4.40. The first kappa shape index (κ1) is 25.2. The third-order valence-electron chi connectivity index (χ3n) is 6.24. The molecule has 0 amide bonds. The highest BCUT2D eigenvalue weighted by Crippen LogP contribution is 2.40. The van der Waals surface area contributed by atoms with Gasteiger partial charge >= 0.3 is 0 Å². The van der Waals surface area contributed by atoms with E-state index < -0.39 is 10.0 Å². The highest BCUT2D eigenvalue weighted by atomic mass is 32.2. The lowest BCUT2D eigenvalue weighted by Crippen LogP contribution is -2.22. The monoisotopic (exact) mass is 504 g/mol. The van der Waals surface area contributed by atoms with Crippen molar-refractivity contribution in [2.45, 2.75) is 4.90 Å². The van der Waals surface area contributed by atoms with Crippen LogP contribution in [0.25, 0.3) is 27.7 Å². The van der Waals surface area contributed by atoms with Crippen LogP contribution in [-0.2, 0) is 17.1 Å². The number of carbonyl (C=O) groups excluding carboxylic acids is 1. The lowest BCUT2D eigenvalue weighted by Gasteiger charge is -2.17. The van der Waals surface area contributed by atoms with Crippen molar-refractivity contribution >= 4 is 32.3 Å². The van der Waals surface area contributed by atoms with E-state index in [0.29, 0.717) is 22.6 Å². The molecule has 0 aliphatic carbocycles. The number of para-hydroxylation sites is 1. The summed E-state index contributed by atoms with van der Waals surface area (Å²) in [5.41, 5.74) is 3.83. The molecule has 0 N–H and O–H groups in total. The van der Waals surface area contributed by atoms with Crippen LogP contribution in [0.3, 0.4) is 0 Å². The largest absolute Gasteiger partial charge is 0.496 e. The Morgan fingerprint density at radius 3 is 2.14 bits per heavy atom. The number of carbonyl (C=O) groups is 1. The van der Waals surface area contributed by atoms with Gasteiger partial charge in [-0.25, -0.2) is 12.7 Å². The van der Waals surface area contributed by atoms with Crippen LogP contribution in [-0.4, -0.2) is 51.4 Å². The van der Waals surface area contributed by atoms with Gasteiger partial charge in [-0.05, 0) is 42.5 Å². The first-order valence-electron chi connectivity index (χ1n) is 11.2. The van der Waals surface area contributed by atoms with E-state index in [0.717, 1.165) is 26.5 Å². The summed E-state index contributed by atoms with van der Waals surface area (Å²) in [6.45, 7) is 4.06. The normalized spacial score (nSPS) is 11.6. The number of Topliss-reactive ketones (excluding diaryl/α,β-unsaturated/α-hetero) is 1. The van der Waals surface area contributed by atoms with Crippen LogP contribution in [0.15, 0.2) is 78.2 Å². The maximum Gasteiger partial charge on any atom is 0.242 e. The van der Waals surface area contributed by atoms with E-state index in [2.05, 4.69) is 17.2 Å². The Labute approximate surface area is 211 Å². The Hall–Kier alpha value is -3.88. The third kappa shape index (κ3) is 4.29. The molecular formula is C28H28N2O5S. The molecule has 0 spiro atoms. The van der Waals surface area contributed by atoms with Crippen molar-refractivity contribution in [3.8, 4) is 22.8 Å². The van der Waals surface area contributed by atoms with Crippen molar-refractivity contribution < 1.29 is 22.7 Å². The number of aryl methyl sites for hydroxylation is 1. The van der Waals surface area contributed by atoms with Gasteiger partial charge in [0.25, 0.3) is 0 Å². The number of methoxy groups -OCH3 is 2. The molecule has 1 aromatic heterocycles. The summed E-state index contributed by atoms with van der Waals surface area (Å²) in [6, 6.07) is 19.5. The minimum absolute atomic E-state index is 0.106. The molecule has 0 unspecified atom stereocenters. The zero-order chi connectivity index (χ0) is 26.2. The van der Waals surface area contributed by atoms with Gasteiger partial charge in [-0.1, -0.05) is 24.8 Å². The molecule has 0 radical (unpaired) electrons. The minimum Gasteiger partial charge on any atom is -0.496 e. The standard InChI is InChI=1S/C28H28N2O5S/c1-18(28(31)19-11-13-21(14-12-19)36(32,33)29(2)3)22-16-23(27(35-6)17-26(22)34-5)25-15-20-9-7-8-10-24(20)30(25)4/h7-17H,1H2,2-6H3. The SMILES string of the molecule is C=C(C(=O)c1ccc(S(=O)(=O)N(C)C)cc1)c1cc(-c2cc3ccccc3n2C)c(OC)cc1OC. The Balaban J connectivity index is 1.78. The number of aromatic nitrogens is 1. The average Bonchev–Trinajstić information content (AvgIpc) is 3.23. The molecule has 0 aliphatic rings. The Morgan fingerprint density at radius 2 is 1.56 bits per heavy atom. The van der Waals surface area contributed by atoms with Crippen LogP contribution in [0.1, 0.15) is 15.9 Å². The minimum atomic E-state index is -3.60. The summed E-state index contributed by atoms with van der Waals surface area (Å²) < 4.78 is 39.2. The molecule has 0 saturated carbocycles. The fraction of sp³-hybridized carbons (Fsp3) is 0.179. The second-order valence-electron chi connectivity index (χ2n) is 8.52. The van der Waals surface area contributed by atoms with E-state index >= 15 is 0 Å². The molecule has 4 rings (SSSR count). The second kappa shape index (κ2) is 9.64. The molecule has 1 heterocycles. The molecule has 8 heteroatoms.